The van der Waals surface area contributed by atoms with Crippen molar-refractivity contribution in [3.63, 3.8) is 0 Å². The van der Waals surface area contributed by atoms with E-state index < -0.39 is 10.8 Å². The van der Waals surface area contributed by atoms with Crippen LogP contribution < -0.4 is 10.2 Å². The molecule has 0 aliphatic carbocycles. The molecular formula is C16H17N5O4S. The molecule has 1 aliphatic rings. The maximum Gasteiger partial charge on any atom is 0.270 e. The van der Waals surface area contributed by atoms with Crippen LogP contribution in [-0.2, 0) is 4.79 Å². The summed E-state index contributed by atoms with van der Waals surface area (Å²) in [5.41, 5.74) is -0.0112. The zero-order chi connectivity index (χ0) is 18.5. The number of aromatic nitrogens is 1. The molecule has 1 aromatic carbocycles. The predicted molar refractivity (Wildman–Crippen MR) is 96.3 cm³/mol. The number of amides is 2. The average molecular weight is 375 g/mol. The summed E-state index contributed by atoms with van der Waals surface area (Å²) in [5, 5.41) is 16.1. The molecule has 1 aliphatic heterocycles. The number of nitrogens with zero attached hydrogens (tertiary/aromatic N) is 4. The number of non-ortho nitro benzene ring substituents is 1. The van der Waals surface area contributed by atoms with Gasteiger partial charge in [-0.25, -0.2) is 4.98 Å². The lowest BCUT2D eigenvalue weighted by molar-refractivity contribution is -0.384. The monoisotopic (exact) mass is 375 g/mol. The summed E-state index contributed by atoms with van der Waals surface area (Å²) in [6.45, 7) is 2.37. The van der Waals surface area contributed by atoms with Crippen LogP contribution in [0.25, 0.3) is 0 Å². The van der Waals surface area contributed by atoms with Gasteiger partial charge in [0.05, 0.1) is 11.5 Å². The second-order valence-corrected chi connectivity index (χ2v) is 6.55. The molecule has 0 bridgehead atoms. The van der Waals surface area contributed by atoms with Crippen molar-refractivity contribution in [2.45, 2.75) is 0 Å². The van der Waals surface area contributed by atoms with Gasteiger partial charge in [0.2, 0.25) is 5.91 Å². The molecule has 10 heteroatoms. The molecule has 2 heterocycles. The first-order valence-electron chi connectivity index (χ1n) is 7.99. The van der Waals surface area contributed by atoms with Gasteiger partial charge in [-0.3, -0.25) is 19.7 Å². The van der Waals surface area contributed by atoms with E-state index in [0.717, 1.165) is 5.13 Å². The molecule has 136 valence electrons. The van der Waals surface area contributed by atoms with E-state index in [0.29, 0.717) is 26.2 Å². The van der Waals surface area contributed by atoms with Crippen molar-refractivity contribution in [2.24, 2.45) is 0 Å². The Hall–Kier alpha value is -3.01. The molecule has 1 N–H and O–H groups in total. The maximum absolute atomic E-state index is 12.3. The number of hydrogen-bond acceptors (Lipinski definition) is 7. The smallest absolute Gasteiger partial charge is 0.270 e. The van der Waals surface area contributed by atoms with Crippen molar-refractivity contribution in [3.8, 4) is 0 Å². The summed E-state index contributed by atoms with van der Waals surface area (Å²) < 4.78 is 0. The number of anilines is 1. The van der Waals surface area contributed by atoms with Gasteiger partial charge in [0.25, 0.3) is 11.6 Å². The molecule has 2 amide bonds. The van der Waals surface area contributed by atoms with Crippen LogP contribution >= 0.6 is 11.3 Å². The third-order valence-corrected chi connectivity index (χ3v) is 4.87. The lowest BCUT2D eigenvalue weighted by atomic mass is 10.2. The van der Waals surface area contributed by atoms with Crippen LogP contribution in [0, 0.1) is 10.1 Å². The number of carbonyl (C=O) groups excluding carboxylic acids is 2. The number of nitro benzene ring substituents is 1. The van der Waals surface area contributed by atoms with Crippen LogP contribution in [0.1, 0.15) is 10.4 Å². The van der Waals surface area contributed by atoms with Crippen molar-refractivity contribution < 1.29 is 14.5 Å². The summed E-state index contributed by atoms with van der Waals surface area (Å²) in [4.78, 5) is 42.6. The molecule has 0 radical (unpaired) electrons. The highest BCUT2D eigenvalue weighted by Crippen LogP contribution is 2.18. The number of carbonyl (C=O) groups is 2. The van der Waals surface area contributed by atoms with E-state index in [2.05, 4.69) is 15.2 Å². The first-order chi connectivity index (χ1) is 12.5. The second-order valence-electron chi connectivity index (χ2n) is 5.67. The average Bonchev–Trinajstić information content (AvgIpc) is 3.21. The molecule has 0 spiro atoms. The Balaban J connectivity index is 1.49. The minimum absolute atomic E-state index is 0.140. The fraction of sp³-hybridized carbons (Fsp3) is 0.312. The molecule has 1 fully saturated rings. The van der Waals surface area contributed by atoms with Crippen molar-refractivity contribution in [1.29, 1.82) is 0 Å². The zero-order valence-corrected chi connectivity index (χ0v) is 14.6. The molecule has 0 atom stereocenters. The fourth-order valence-corrected chi connectivity index (χ4v) is 3.35. The quantitative estimate of drug-likeness (QED) is 0.620. The van der Waals surface area contributed by atoms with Crippen LogP contribution in [-0.4, -0.2) is 59.3 Å². The van der Waals surface area contributed by atoms with Crippen LogP contribution in [0.3, 0.4) is 0 Å². The van der Waals surface area contributed by atoms with Gasteiger partial charge in [-0.05, 0) is 6.07 Å². The van der Waals surface area contributed by atoms with Gasteiger partial charge in [0.1, 0.15) is 0 Å². The van der Waals surface area contributed by atoms with Gasteiger partial charge in [-0.15, -0.1) is 11.3 Å². The summed E-state index contributed by atoms with van der Waals surface area (Å²) >= 11 is 1.56. The van der Waals surface area contributed by atoms with Crippen LogP contribution in [0.4, 0.5) is 10.8 Å². The minimum Gasteiger partial charge on any atom is -0.345 e. The summed E-state index contributed by atoms with van der Waals surface area (Å²) in [6, 6.07) is 5.41. The van der Waals surface area contributed by atoms with Gasteiger partial charge < -0.3 is 15.1 Å². The molecule has 9 nitrogen and oxygen atoms in total. The van der Waals surface area contributed by atoms with Gasteiger partial charge in [0, 0.05) is 55.5 Å². The number of hydrogen-bond donors (Lipinski definition) is 1. The number of rotatable bonds is 5. The van der Waals surface area contributed by atoms with Crippen LogP contribution in [0.5, 0.6) is 0 Å². The first kappa shape index (κ1) is 17.8. The first-order valence-corrected chi connectivity index (χ1v) is 8.87. The topological polar surface area (TPSA) is 109 Å². The van der Waals surface area contributed by atoms with Gasteiger partial charge in [0.15, 0.2) is 5.13 Å². The Morgan fingerprint density at radius 1 is 1.27 bits per heavy atom. The molecule has 1 aromatic heterocycles. The lowest BCUT2D eigenvalue weighted by Gasteiger charge is -2.34. The third kappa shape index (κ3) is 4.14. The molecule has 26 heavy (non-hydrogen) atoms. The number of piperazine rings is 1. The number of nitrogens with one attached hydrogen (secondary N) is 1. The van der Waals surface area contributed by atoms with E-state index in [4.69, 9.17) is 0 Å². The highest BCUT2D eigenvalue weighted by Gasteiger charge is 2.22. The Morgan fingerprint density at radius 2 is 2.04 bits per heavy atom. The molecule has 0 saturated carbocycles. The fourth-order valence-electron chi connectivity index (χ4n) is 2.65. The minimum atomic E-state index is -0.566. The molecule has 2 aromatic rings. The highest BCUT2D eigenvalue weighted by molar-refractivity contribution is 7.13. The van der Waals surface area contributed by atoms with E-state index in [1.165, 1.54) is 24.3 Å². The number of nitro groups is 1. The second kappa shape index (κ2) is 7.91. The van der Waals surface area contributed by atoms with Crippen molar-refractivity contribution in [3.05, 3.63) is 51.5 Å². The van der Waals surface area contributed by atoms with E-state index in [9.17, 15) is 19.7 Å². The Morgan fingerprint density at radius 3 is 2.69 bits per heavy atom. The van der Waals surface area contributed by atoms with E-state index in [1.54, 1.807) is 22.4 Å². The largest absolute Gasteiger partial charge is 0.345 e. The normalized spacial score (nSPS) is 14.2. The summed E-state index contributed by atoms with van der Waals surface area (Å²) in [7, 11) is 0. The van der Waals surface area contributed by atoms with Crippen LogP contribution in [0.2, 0.25) is 0 Å². The van der Waals surface area contributed by atoms with Crippen molar-refractivity contribution >= 4 is 34.0 Å². The standard InChI is InChI=1S/C16H17N5O4S/c22-14(19-5-7-20(8-6-19)16-17-4-9-26-16)11-18-15(23)12-2-1-3-13(10-12)21(24)25/h1-4,9-10H,5-8,11H2,(H,18,23). The Bertz CT molecular complexity index is 803. The Kier molecular flexibility index (Phi) is 5.42. The molecular weight excluding hydrogens is 358 g/mol. The van der Waals surface area contributed by atoms with Gasteiger partial charge >= 0.3 is 0 Å². The summed E-state index contributed by atoms with van der Waals surface area (Å²) in [6.07, 6.45) is 1.75. The maximum atomic E-state index is 12.3. The molecule has 3 rings (SSSR count). The van der Waals surface area contributed by atoms with Crippen LogP contribution in [0.15, 0.2) is 35.8 Å². The SMILES string of the molecule is O=C(NCC(=O)N1CCN(c2nccs2)CC1)c1cccc([N+](=O)[O-])c1. The van der Waals surface area contributed by atoms with E-state index in [1.807, 2.05) is 5.38 Å². The van der Waals surface area contributed by atoms with Gasteiger partial charge in [-0.1, -0.05) is 6.07 Å². The van der Waals surface area contributed by atoms with E-state index >= 15 is 0 Å². The predicted octanol–water partition coefficient (Wildman–Crippen LogP) is 1.13. The van der Waals surface area contributed by atoms with Crippen molar-refractivity contribution in [1.82, 2.24) is 15.2 Å². The zero-order valence-electron chi connectivity index (χ0n) is 13.8. The molecule has 1 saturated heterocycles. The Labute approximate surface area is 153 Å². The third-order valence-electron chi connectivity index (χ3n) is 4.04. The highest BCUT2D eigenvalue weighted by atomic mass is 32.1. The molecule has 0 unspecified atom stereocenters. The van der Waals surface area contributed by atoms with Gasteiger partial charge in [-0.2, -0.15) is 0 Å². The lowest BCUT2D eigenvalue weighted by Crippen LogP contribution is -2.51. The number of thiazole rings is 1. The van der Waals surface area contributed by atoms with E-state index in [-0.39, 0.29) is 23.7 Å². The van der Waals surface area contributed by atoms with Crippen molar-refractivity contribution in [2.75, 3.05) is 37.6 Å². The number of benzene rings is 1. The summed E-state index contributed by atoms with van der Waals surface area (Å²) in [5.74, 6) is -0.689.